The maximum atomic E-state index is 11.9. The highest BCUT2D eigenvalue weighted by Crippen LogP contribution is 2.16. The Morgan fingerprint density at radius 2 is 2.15 bits per heavy atom. The lowest BCUT2D eigenvalue weighted by molar-refractivity contribution is 0.185. The topological polar surface area (TPSA) is 84.5 Å². The molecule has 1 aromatic carbocycles. The van der Waals surface area contributed by atoms with Crippen LogP contribution in [0.3, 0.4) is 0 Å². The van der Waals surface area contributed by atoms with Crippen LogP contribution in [0.1, 0.15) is 12.0 Å². The zero-order valence-electron chi connectivity index (χ0n) is 11.3. The van der Waals surface area contributed by atoms with E-state index in [2.05, 4.69) is 10.6 Å². The van der Waals surface area contributed by atoms with Gasteiger partial charge in [0.05, 0.1) is 18.1 Å². The molecular formula is C13H18N2O4S. The SMILES string of the molecule is COCc1ccccc1NC(=O)NC1CCS(=O)(=O)C1. The van der Waals surface area contributed by atoms with Crippen molar-refractivity contribution < 1.29 is 17.9 Å². The van der Waals surface area contributed by atoms with E-state index in [1.807, 2.05) is 18.2 Å². The summed E-state index contributed by atoms with van der Waals surface area (Å²) in [5.41, 5.74) is 1.52. The third-order valence-electron chi connectivity index (χ3n) is 3.13. The predicted octanol–water partition coefficient (Wildman–Crippen LogP) is 1.14. The molecule has 1 heterocycles. The fraction of sp³-hybridized carbons (Fsp3) is 0.462. The van der Waals surface area contributed by atoms with Crippen molar-refractivity contribution in [2.75, 3.05) is 23.9 Å². The molecule has 1 aliphatic rings. The first-order valence-corrected chi connectivity index (χ1v) is 8.17. The molecule has 1 saturated heterocycles. The van der Waals surface area contributed by atoms with Crippen LogP contribution >= 0.6 is 0 Å². The number of hydrogen-bond acceptors (Lipinski definition) is 4. The Balaban J connectivity index is 1.95. The summed E-state index contributed by atoms with van der Waals surface area (Å²) in [5.74, 6) is 0.151. The van der Waals surface area contributed by atoms with Gasteiger partial charge in [-0.05, 0) is 12.5 Å². The molecule has 6 nitrogen and oxygen atoms in total. The van der Waals surface area contributed by atoms with E-state index in [0.29, 0.717) is 18.7 Å². The summed E-state index contributed by atoms with van der Waals surface area (Å²) in [6, 6.07) is 6.61. The van der Waals surface area contributed by atoms with Gasteiger partial charge in [0.15, 0.2) is 9.84 Å². The molecule has 2 N–H and O–H groups in total. The second-order valence-electron chi connectivity index (χ2n) is 4.79. The van der Waals surface area contributed by atoms with Crippen molar-refractivity contribution in [2.24, 2.45) is 0 Å². The number of benzene rings is 1. The lowest BCUT2D eigenvalue weighted by Gasteiger charge is -2.14. The summed E-state index contributed by atoms with van der Waals surface area (Å²) < 4.78 is 27.7. The van der Waals surface area contributed by atoms with E-state index in [1.165, 1.54) is 0 Å². The maximum absolute atomic E-state index is 11.9. The largest absolute Gasteiger partial charge is 0.380 e. The number of anilines is 1. The zero-order valence-corrected chi connectivity index (χ0v) is 12.1. The van der Waals surface area contributed by atoms with Crippen LogP contribution in [0, 0.1) is 0 Å². The number of para-hydroxylation sites is 1. The van der Waals surface area contributed by atoms with Crippen LogP contribution in [0.2, 0.25) is 0 Å². The van der Waals surface area contributed by atoms with Gasteiger partial charge in [-0.3, -0.25) is 0 Å². The third-order valence-corrected chi connectivity index (χ3v) is 4.90. The highest BCUT2D eigenvalue weighted by Gasteiger charge is 2.28. The van der Waals surface area contributed by atoms with Crippen LogP contribution in [-0.2, 0) is 21.2 Å². The summed E-state index contributed by atoms with van der Waals surface area (Å²) in [4.78, 5) is 11.9. The molecule has 2 rings (SSSR count). The van der Waals surface area contributed by atoms with Gasteiger partial charge >= 0.3 is 6.03 Å². The summed E-state index contributed by atoms with van der Waals surface area (Å²) >= 11 is 0. The first-order chi connectivity index (χ1) is 9.50. The van der Waals surface area contributed by atoms with Crippen molar-refractivity contribution in [3.05, 3.63) is 29.8 Å². The molecule has 0 radical (unpaired) electrons. The molecule has 20 heavy (non-hydrogen) atoms. The standard InChI is InChI=1S/C13H18N2O4S/c1-19-8-10-4-2-3-5-12(10)15-13(16)14-11-6-7-20(17,18)9-11/h2-5,11H,6-9H2,1H3,(H2,14,15,16). The molecule has 1 aliphatic heterocycles. The highest BCUT2D eigenvalue weighted by molar-refractivity contribution is 7.91. The quantitative estimate of drug-likeness (QED) is 0.873. The van der Waals surface area contributed by atoms with E-state index in [4.69, 9.17) is 4.74 Å². The van der Waals surface area contributed by atoms with Crippen molar-refractivity contribution in [2.45, 2.75) is 19.1 Å². The highest BCUT2D eigenvalue weighted by atomic mass is 32.2. The van der Waals surface area contributed by atoms with Gasteiger partial charge in [-0.1, -0.05) is 18.2 Å². The van der Waals surface area contributed by atoms with Crippen molar-refractivity contribution in [1.82, 2.24) is 5.32 Å². The molecule has 0 aliphatic carbocycles. The molecule has 110 valence electrons. The number of sulfone groups is 1. The number of amides is 2. The van der Waals surface area contributed by atoms with Gasteiger partial charge in [-0.25, -0.2) is 13.2 Å². The van der Waals surface area contributed by atoms with Crippen LogP contribution in [0.5, 0.6) is 0 Å². The summed E-state index contributed by atoms with van der Waals surface area (Å²) in [7, 11) is -1.41. The minimum absolute atomic E-state index is 0.0140. The Bertz CT molecular complexity index is 586. The second kappa shape index (κ2) is 6.23. The van der Waals surface area contributed by atoms with Crippen molar-refractivity contribution in [1.29, 1.82) is 0 Å². The number of carbonyl (C=O) groups excluding carboxylic acids is 1. The van der Waals surface area contributed by atoms with E-state index in [1.54, 1.807) is 13.2 Å². The van der Waals surface area contributed by atoms with E-state index in [9.17, 15) is 13.2 Å². The van der Waals surface area contributed by atoms with Crippen LogP contribution in [-0.4, -0.2) is 39.1 Å². The lowest BCUT2D eigenvalue weighted by Crippen LogP contribution is -2.38. The smallest absolute Gasteiger partial charge is 0.319 e. The van der Waals surface area contributed by atoms with Crippen LogP contribution in [0.15, 0.2) is 24.3 Å². The predicted molar refractivity (Wildman–Crippen MR) is 76.4 cm³/mol. The van der Waals surface area contributed by atoms with Crippen LogP contribution in [0.25, 0.3) is 0 Å². The maximum Gasteiger partial charge on any atom is 0.319 e. The Morgan fingerprint density at radius 1 is 1.40 bits per heavy atom. The molecule has 1 unspecified atom stereocenters. The van der Waals surface area contributed by atoms with Crippen molar-refractivity contribution in [3.8, 4) is 0 Å². The molecule has 0 bridgehead atoms. The fourth-order valence-electron chi connectivity index (χ4n) is 2.18. The molecule has 0 saturated carbocycles. The van der Waals surface area contributed by atoms with Gasteiger partial charge in [-0.15, -0.1) is 0 Å². The number of nitrogens with one attached hydrogen (secondary N) is 2. The summed E-state index contributed by atoms with van der Waals surface area (Å²) in [5, 5.41) is 5.41. The monoisotopic (exact) mass is 298 g/mol. The summed E-state index contributed by atoms with van der Waals surface area (Å²) in [6.45, 7) is 0.397. The number of methoxy groups -OCH3 is 1. The average Bonchev–Trinajstić information content (AvgIpc) is 2.71. The molecule has 1 fully saturated rings. The fourth-order valence-corrected chi connectivity index (χ4v) is 3.85. The van der Waals surface area contributed by atoms with Crippen LogP contribution in [0.4, 0.5) is 10.5 Å². The molecule has 0 aromatic heterocycles. The Kier molecular flexibility index (Phi) is 4.61. The molecule has 7 heteroatoms. The molecule has 0 spiro atoms. The lowest BCUT2D eigenvalue weighted by atomic mass is 10.2. The minimum atomic E-state index is -2.99. The Morgan fingerprint density at radius 3 is 2.80 bits per heavy atom. The number of urea groups is 1. The van der Waals surface area contributed by atoms with Crippen molar-refractivity contribution >= 4 is 21.6 Å². The van der Waals surface area contributed by atoms with Gasteiger partial charge in [0.25, 0.3) is 0 Å². The molecule has 1 atom stereocenters. The van der Waals surface area contributed by atoms with E-state index in [-0.39, 0.29) is 17.5 Å². The van der Waals surface area contributed by atoms with Crippen molar-refractivity contribution in [3.63, 3.8) is 0 Å². The Hall–Kier alpha value is -1.60. The number of carbonyl (C=O) groups is 1. The molecule has 1 aromatic rings. The Labute approximate surface area is 118 Å². The molecule has 2 amide bonds. The third kappa shape index (κ3) is 3.94. The zero-order chi connectivity index (χ0) is 14.6. The van der Waals surface area contributed by atoms with E-state index >= 15 is 0 Å². The second-order valence-corrected chi connectivity index (χ2v) is 7.02. The molecular weight excluding hydrogens is 280 g/mol. The van der Waals surface area contributed by atoms with Gasteiger partial charge in [0.2, 0.25) is 0 Å². The van der Waals surface area contributed by atoms with Gasteiger partial charge < -0.3 is 15.4 Å². The van der Waals surface area contributed by atoms with E-state index < -0.39 is 15.9 Å². The summed E-state index contributed by atoms with van der Waals surface area (Å²) in [6.07, 6.45) is 0.468. The normalized spacial score (nSPS) is 20.6. The van der Waals surface area contributed by atoms with Gasteiger partial charge in [0.1, 0.15) is 0 Å². The first kappa shape index (κ1) is 14.8. The first-order valence-electron chi connectivity index (χ1n) is 6.35. The number of rotatable bonds is 4. The van der Waals surface area contributed by atoms with E-state index in [0.717, 1.165) is 5.56 Å². The van der Waals surface area contributed by atoms with Crippen LogP contribution < -0.4 is 10.6 Å². The minimum Gasteiger partial charge on any atom is -0.380 e. The average molecular weight is 298 g/mol. The van der Waals surface area contributed by atoms with Gasteiger partial charge in [-0.2, -0.15) is 0 Å². The number of hydrogen-bond donors (Lipinski definition) is 2. The number of ether oxygens (including phenoxy) is 1. The van der Waals surface area contributed by atoms with Gasteiger partial charge in [0, 0.05) is 24.4 Å².